The van der Waals surface area contributed by atoms with Gasteiger partial charge in [0.2, 0.25) is 11.8 Å². The SMILES string of the molecule is COc1ccc(NC(=O)C2CC(=O)N=C(N)S2)cc1. The summed E-state index contributed by atoms with van der Waals surface area (Å²) in [6.45, 7) is 0. The van der Waals surface area contributed by atoms with Crippen molar-refractivity contribution < 1.29 is 14.3 Å². The van der Waals surface area contributed by atoms with Crippen LogP contribution >= 0.6 is 11.8 Å². The molecule has 2 rings (SSSR count). The van der Waals surface area contributed by atoms with E-state index in [1.165, 1.54) is 0 Å². The Bertz CT molecular complexity index is 528. The molecule has 0 aromatic heterocycles. The fourth-order valence-corrected chi connectivity index (χ4v) is 2.42. The molecule has 19 heavy (non-hydrogen) atoms. The lowest BCUT2D eigenvalue weighted by molar-refractivity contribution is -0.121. The predicted molar refractivity (Wildman–Crippen MR) is 74.2 cm³/mol. The number of amidine groups is 1. The van der Waals surface area contributed by atoms with Gasteiger partial charge in [-0.15, -0.1) is 0 Å². The third-order valence-corrected chi connectivity index (χ3v) is 3.51. The van der Waals surface area contributed by atoms with E-state index in [9.17, 15) is 9.59 Å². The summed E-state index contributed by atoms with van der Waals surface area (Å²) in [4.78, 5) is 26.8. The Labute approximate surface area is 114 Å². The monoisotopic (exact) mass is 279 g/mol. The van der Waals surface area contributed by atoms with Crippen LogP contribution in [0.4, 0.5) is 5.69 Å². The molecule has 100 valence electrons. The van der Waals surface area contributed by atoms with Crippen molar-refractivity contribution >= 4 is 34.4 Å². The van der Waals surface area contributed by atoms with Gasteiger partial charge in [-0.3, -0.25) is 9.59 Å². The number of carbonyl (C=O) groups excluding carboxylic acids is 2. The molecular formula is C12H13N3O3S. The molecule has 2 amide bonds. The Morgan fingerprint density at radius 1 is 1.47 bits per heavy atom. The quantitative estimate of drug-likeness (QED) is 0.860. The molecule has 0 spiro atoms. The summed E-state index contributed by atoms with van der Waals surface area (Å²) in [6.07, 6.45) is 0.0629. The number of nitrogens with two attached hydrogens (primary N) is 1. The van der Waals surface area contributed by atoms with E-state index < -0.39 is 5.25 Å². The van der Waals surface area contributed by atoms with Crippen molar-refractivity contribution in [1.82, 2.24) is 0 Å². The first-order valence-corrected chi connectivity index (χ1v) is 6.45. The highest BCUT2D eigenvalue weighted by atomic mass is 32.2. The van der Waals surface area contributed by atoms with Crippen molar-refractivity contribution in [2.24, 2.45) is 10.7 Å². The molecule has 1 atom stereocenters. The number of nitrogens with one attached hydrogen (secondary N) is 1. The maximum Gasteiger partial charge on any atom is 0.249 e. The average molecular weight is 279 g/mol. The molecule has 1 unspecified atom stereocenters. The summed E-state index contributed by atoms with van der Waals surface area (Å²) in [5.74, 6) is 0.0732. The van der Waals surface area contributed by atoms with Gasteiger partial charge in [0.25, 0.3) is 0 Å². The molecular weight excluding hydrogens is 266 g/mol. The molecule has 6 nitrogen and oxygen atoms in total. The summed E-state index contributed by atoms with van der Waals surface area (Å²) in [5, 5.41) is 2.32. The van der Waals surface area contributed by atoms with Crippen molar-refractivity contribution in [2.45, 2.75) is 11.7 Å². The van der Waals surface area contributed by atoms with Crippen LogP contribution in [0.15, 0.2) is 29.3 Å². The zero-order chi connectivity index (χ0) is 13.8. The van der Waals surface area contributed by atoms with E-state index in [0.29, 0.717) is 11.4 Å². The topological polar surface area (TPSA) is 93.8 Å². The number of amides is 2. The minimum Gasteiger partial charge on any atom is -0.497 e. The van der Waals surface area contributed by atoms with Gasteiger partial charge in [0.15, 0.2) is 5.17 Å². The summed E-state index contributed by atoms with van der Waals surface area (Å²) in [5.41, 5.74) is 6.12. The summed E-state index contributed by atoms with van der Waals surface area (Å²) in [7, 11) is 1.57. The second kappa shape index (κ2) is 5.75. The van der Waals surface area contributed by atoms with Gasteiger partial charge in [-0.05, 0) is 24.3 Å². The van der Waals surface area contributed by atoms with Crippen molar-refractivity contribution in [2.75, 3.05) is 12.4 Å². The molecule has 7 heteroatoms. The Hall–Kier alpha value is -2.02. The number of carbonyl (C=O) groups is 2. The maximum absolute atomic E-state index is 12.0. The van der Waals surface area contributed by atoms with E-state index in [-0.39, 0.29) is 23.4 Å². The van der Waals surface area contributed by atoms with Crippen LogP contribution in [0.25, 0.3) is 0 Å². The molecule has 0 saturated carbocycles. The molecule has 1 aromatic rings. The van der Waals surface area contributed by atoms with E-state index in [1.54, 1.807) is 31.4 Å². The van der Waals surface area contributed by atoms with Crippen LogP contribution in [0, 0.1) is 0 Å². The van der Waals surface area contributed by atoms with Crippen molar-refractivity contribution in [3.63, 3.8) is 0 Å². The summed E-state index contributed by atoms with van der Waals surface area (Å²) < 4.78 is 5.02. The number of hydrogen-bond donors (Lipinski definition) is 2. The largest absolute Gasteiger partial charge is 0.497 e. The van der Waals surface area contributed by atoms with Gasteiger partial charge < -0.3 is 15.8 Å². The lowest BCUT2D eigenvalue weighted by atomic mass is 10.2. The average Bonchev–Trinajstić information content (AvgIpc) is 2.38. The molecule has 3 N–H and O–H groups in total. The van der Waals surface area contributed by atoms with Crippen molar-refractivity contribution in [3.05, 3.63) is 24.3 Å². The fraction of sp³-hybridized carbons (Fsp3) is 0.250. The van der Waals surface area contributed by atoms with E-state index in [2.05, 4.69) is 10.3 Å². The lowest BCUT2D eigenvalue weighted by Crippen LogP contribution is -2.33. The van der Waals surface area contributed by atoms with Crippen LogP contribution in [0.2, 0.25) is 0 Å². The van der Waals surface area contributed by atoms with Gasteiger partial charge in [0.05, 0.1) is 13.5 Å². The lowest BCUT2D eigenvalue weighted by Gasteiger charge is -2.17. The molecule has 0 saturated heterocycles. The van der Waals surface area contributed by atoms with Crippen LogP contribution in [0.1, 0.15) is 6.42 Å². The highest BCUT2D eigenvalue weighted by Crippen LogP contribution is 2.23. The third kappa shape index (κ3) is 3.47. The maximum atomic E-state index is 12.0. The van der Waals surface area contributed by atoms with Crippen LogP contribution in [-0.4, -0.2) is 29.3 Å². The Kier molecular flexibility index (Phi) is 4.06. The second-order valence-electron chi connectivity index (χ2n) is 3.87. The smallest absolute Gasteiger partial charge is 0.249 e. The first-order valence-electron chi connectivity index (χ1n) is 5.57. The highest BCUT2D eigenvalue weighted by molar-refractivity contribution is 8.15. The van der Waals surface area contributed by atoms with E-state index in [4.69, 9.17) is 10.5 Å². The minimum absolute atomic E-state index is 0.0629. The van der Waals surface area contributed by atoms with Crippen molar-refractivity contribution in [1.29, 1.82) is 0 Å². The first-order chi connectivity index (χ1) is 9.08. The normalized spacial score (nSPS) is 18.7. The van der Waals surface area contributed by atoms with E-state index in [0.717, 1.165) is 11.8 Å². The van der Waals surface area contributed by atoms with Crippen LogP contribution in [-0.2, 0) is 9.59 Å². The van der Waals surface area contributed by atoms with Crippen molar-refractivity contribution in [3.8, 4) is 5.75 Å². The number of ether oxygens (including phenoxy) is 1. The van der Waals surface area contributed by atoms with Gasteiger partial charge in [-0.2, -0.15) is 4.99 Å². The van der Waals surface area contributed by atoms with E-state index in [1.807, 2.05) is 0 Å². The zero-order valence-corrected chi connectivity index (χ0v) is 11.1. The zero-order valence-electron chi connectivity index (χ0n) is 10.3. The van der Waals surface area contributed by atoms with Gasteiger partial charge in [-0.1, -0.05) is 11.8 Å². The number of hydrogen-bond acceptors (Lipinski definition) is 5. The molecule has 0 aliphatic carbocycles. The molecule has 1 heterocycles. The van der Waals surface area contributed by atoms with Gasteiger partial charge in [-0.25, -0.2) is 0 Å². The Morgan fingerprint density at radius 3 is 2.74 bits per heavy atom. The molecule has 1 aliphatic rings. The van der Waals surface area contributed by atoms with Gasteiger partial charge >= 0.3 is 0 Å². The van der Waals surface area contributed by atoms with Crippen LogP contribution in [0.3, 0.4) is 0 Å². The van der Waals surface area contributed by atoms with E-state index >= 15 is 0 Å². The van der Waals surface area contributed by atoms with Crippen LogP contribution < -0.4 is 15.8 Å². The molecule has 0 radical (unpaired) electrons. The fourth-order valence-electron chi connectivity index (χ4n) is 1.58. The number of anilines is 1. The Morgan fingerprint density at radius 2 is 2.16 bits per heavy atom. The number of nitrogens with zero attached hydrogens (tertiary/aromatic N) is 1. The number of benzene rings is 1. The third-order valence-electron chi connectivity index (χ3n) is 2.51. The standard InChI is InChI=1S/C12H13N3O3S/c1-18-8-4-2-7(3-5-8)14-11(17)9-6-10(16)15-12(13)19-9/h2-5,9H,6H2,1H3,(H,14,17)(H2,13,15,16). The number of thioether (sulfide) groups is 1. The second-order valence-corrected chi connectivity index (χ2v) is 5.10. The summed E-state index contributed by atoms with van der Waals surface area (Å²) in [6, 6.07) is 6.93. The Balaban J connectivity index is 2.00. The highest BCUT2D eigenvalue weighted by Gasteiger charge is 2.27. The molecule has 1 aliphatic heterocycles. The number of methoxy groups -OCH3 is 1. The van der Waals surface area contributed by atoms with Gasteiger partial charge in [0.1, 0.15) is 11.0 Å². The predicted octanol–water partition coefficient (Wildman–Crippen LogP) is 0.980. The molecule has 0 fully saturated rings. The van der Waals surface area contributed by atoms with Gasteiger partial charge in [0, 0.05) is 5.69 Å². The molecule has 0 bridgehead atoms. The number of rotatable bonds is 3. The molecule has 1 aromatic carbocycles. The van der Waals surface area contributed by atoms with Crippen LogP contribution in [0.5, 0.6) is 5.75 Å². The first kappa shape index (κ1) is 13.4. The summed E-state index contributed by atoms with van der Waals surface area (Å²) >= 11 is 1.10. The number of aliphatic imine (C=N–C) groups is 1. The minimum atomic E-state index is -0.535.